The van der Waals surface area contributed by atoms with Crippen LogP contribution in [0.2, 0.25) is 0 Å². The highest BCUT2D eigenvalue weighted by Crippen LogP contribution is 2.64. The Bertz CT molecular complexity index is 4960. The minimum Gasteiger partial charge on any atom is -0.0839 e. The summed E-state index contributed by atoms with van der Waals surface area (Å²) in [5, 5.41) is 12.7. The van der Waals surface area contributed by atoms with Crippen molar-refractivity contribution < 1.29 is 0 Å². The van der Waals surface area contributed by atoms with Gasteiger partial charge in [-0.05, 0) is 235 Å². The van der Waals surface area contributed by atoms with Crippen molar-refractivity contribution in [1.82, 2.24) is 0 Å². The Hall–Kier alpha value is -7.63. The summed E-state index contributed by atoms with van der Waals surface area (Å²) in [7, 11) is -1.26. The molecule has 0 N–H and O–H groups in total. The van der Waals surface area contributed by atoms with Gasteiger partial charge < -0.3 is 0 Å². The molecule has 0 heterocycles. The van der Waals surface area contributed by atoms with Gasteiger partial charge in [0.2, 0.25) is 0 Å². The Morgan fingerprint density at radius 1 is 0.365 bits per heavy atom. The highest BCUT2D eigenvalue weighted by Gasteiger charge is 2.51. The molecular weight excluding hydrogens is 1040 g/mol. The smallest absolute Gasteiger partial charge is 0.0159 e. The molecule has 0 saturated heterocycles. The minimum absolute atomic E-state index is 0.0363. The van der Waals surface area contributed by atoms with E-state index in [1.807, 2.05) is 0 Å². The third-order valence-electron chi connectivity index (χ3n) is 23.6. The van der Waals surface area contributed by atoms with Gasteiger partial charge in [0.25, 0.3) is 0 Å². The van der Waals surface area contributed by atoms with Crippen molar-refractivity contribution in [3.63, 3.8) is 0 Å². The molecule has 0 fully saturated rings. The lowest BCUT2D eigenvalue weighted by atomic mass is 9.71. The molecule has 0 radical (unpaired) electrons. The zero-order valence-electron chi connectivity index (χ0n) is 51.5. The first-order valence-corrected chi connectivity index (χ1v) is 33.0. The Labute approximate surface area is 503 Å². The van der Waals surface area contributed by atoms with E-state index in [-0.39, 0.29) is 32.5 Å². The van der Waals surface area contributed by atoms with Crippen molar-refractivity contribution in [3.8, 4) is 33.4 Å². The van der Waals surface area contributed by atoms with Gasteiger partial charge in [0.05, 0.1) is 0 Å². The lowest BCUT2D eigenvalue weighted by molar-refractivity contribution is 0.561. The van der Waals surface area contributed by atoms with Crippen LogP contribution in [-0.2, 0) is 32.5 Å². The minimum atomic E-state index is -1.26. The molecule has 0 nitrogen and oxygen atoms in total. The second kappa shape index (κ2) is 16.3. The molecule has 2 unspecified atom stereocenters. The van der Waals surface area contributed by atoms with Crippen molar-refractivity contribution in [3.05, 3.63) is 266 Å². The van der Waals surface area contributed by atoms with Crippen LogP contribution >= 0.6 is 7.92 Å². The molecule has 0 amide bonds. The second-order valence-electron chi connectivity index (χ2n) is 29.8. The monoisotopic (exact) mass is 1110 g/mol. The lowest BCUT2D eigenvalue weighted by Crippen LogP contribution is -2.28. The van der Waals surface area contributed by atoms with Gasteiger partial charge in [-0.1, -0.05) is 234 Å². The molecule has 85 heavy (non-hydrogen) atoms. The predicted molar refractivity (Wildman–Crippen MR) is 364 cm³/mol. The number of benzene rings is 10. The van der Waals surface area contributed by atoms with E-state index in [1.165, 1.54) is 160 Å². The first kappa shape index (κ1) is 50.7. The molecule has 8 aliphatic carbocycles. The molecule has 10 aromatic carbocycles. The van der Waals surface area contributed by atoms with E-state index >= 15 is 0 Å². The summed E-state index contributed by atoms with van der Waals surface area (Å²) < 4.78 is 0. The number of rotatable bonds is 3. The Kier molecular flexibility index (Phi) is 9.69. The largest absolute Gasteiger partial charge is 0.0839 e. The summed E-state index contributed by atoms with van der Waals surface area (Å²) in [5.74, 6) is 0.393. The number of hydrogen-bond donors (Lipinski definition) is 0. The molecule has 0 aromatic heterocycles. The fourth-order valence-corrected chi connectivity index (χ4v) is 21.9. The number of fused-ring (bicyclic) bond motifs is 22. The van der Waals surface area contributed by atoms with Gasteiger partial charge in [-0.3, -0.25) is 0 Å². The van der Waals surface area contributed by atoms with Gasteiger partial charge in [0.1, 0.15) is 0 Å². The van der Waals surface area contributed by atoms with Crippen molar-refractivity contribution in [2.75, 3.05) is 0 Å². The predicted octanol–water partition coefficient (Wildman–Crippen LogP) is 20.7. The molecule has 0 spiro atoms. The summed E-state index contributed by atoms with van der Waals surface area (Å²) in [6, 6.07) is 66.2. The van der Waals surface area contributed by atoms with Crippen molar-refractivity contribution >= 4 is 67.3 Å². The van der Waals surface area contributed by atoms with E-state index in [0.29, 0.717) is 5.92 Å². The van der Waals surface area contributed by atoms with Crippen LogP contribution in [0.5, 0.6) is 0 Å². The van der Waals surface area contributed by atoms with Crippen molar-refractivity contribution in [2.45, 2.75) is 141 Å². The summed E-state index contributed by atoms with van der Waals surface area (Å²) in [4.78, 5) is 0. The summed E-state index contributed by atoms with van der Waals surface area (Å²) in [5.41, 5.74) is 32.9. The van der Waals surface area contributed by atoms with Gasteiger partial charge in [0, 0.05) is 38.4 Å². The van der Waals surface area contributed by atoms with E-state index in [9.17, 15) is 0 Å². The molecule has 2 atom stereocenters. The maximum Gasteiger partial charge on any atom is 0.0159 e. The summed E-state index contributed by atoms with van der Waals surface area (Å²) in [6.07, 6.45) is 10.8. The Morgan fingerprint density at radius 2 is 0.812 bits per heavy atom. The van der Waals surface area contributed by atoms with Crippen LogP contribution in [0, 0.1) is 0 Å². The fourth-order valence-electron chi connectivity index (χ4n) is 19.1. The average Bonchev–Trinajstić information content (AvgIpc) is 1.62. The maximum atomic E-state index is 2.78. The third kappa shape index (κ3) is 6.14. The molecule has 0 bridgehead atoms. The van der Waals surface area contributed by atoms with Crippen molar-refractivity contribution in [1.29, 1.82) is 0 Å². The number of hydrogen-bond acceptors (Lipinski definition) is 0. The van der Waals surface area contributed by atoms with Crippen molar-refractivity contribution in [2.24, 2.45) is 0 Å². The van der Waals surface area contributed by atoms with E-state index in [2.05, 4.69) is 265 Å². The van der Waals surface area contributed by atoms with E-state index in [0.717, 1.165) is 19.3 Å². The molecule has 0 aliphatic heterocycles. The SMILES string of the molecule is CC1(C)C2=C(CCC=C2)c2cc3c(cc21)-c1c(cc(P(c2cc4c(c5ccccc25)C2=C(CC5C(=C2)C(C)(C)c2ccccc25)C4(C)C)c2cc4c(c5ccccc25)-c2cc5c(cc2C4(C)C)-c2ccccc2C5(C)C)c2ccccc12)C3(C)C. The zero-order valence-corrected chi connectivity index (χ0v) is 52.4. The van der Waals surface area contributed by atoms with Crippen LogP contribution in [0.15, 0.2) is 199 Å². The van der Waals surface area contributed by atoms with Gasteiger partial charge in [-0.25, -0.2) is 0 Å². The van der Waals surface area contributed by atoms with E-state index in [4.69, 9.17) is 0 Å². The van der Waals surface area contributed by atoms with Crippen LogP contribution in [0.4, 0.5) is 0 Å². The van der Waals surface area contributed by atoms with Crippen LogP contribution in [-0.4, -0.2) is 0 Å². The second-order valence-corrected chi connectivity index (χ2v) is 31.9. The van der Waals surface area contributed by atoms with Crippen LogP contribution in [0.25, 0.3) is 76.8 Å². The van der Waals surface area contributed by atoms with Gasteiger partial charge >= 0.3 is 0 Å². The van der Waals surface area contributed by atoms with Crippen LogP contribution in [0.1, 0.15) is 175 Å². The molecule has 414 valence electrons. The Morgan fingerprint density at radius 3 is 1.40 bits per heavy atom. The quantitative estimate of drug-likeness (QED) is 0.155. The molecule has 0 saturated carbocycles. The van der Waals surface area contributed by atoms with E-state index < -0.39 is 7.92 Å². The maximum absolute atomic E-state index is 2.78. The third-order valence-corrected chi connectivity index (χ3v) is 26.1. The summed E-state index contributed by atoms with van der Waals surface area (Å²) >= 11 is 0. The standard InChI is InChI=1S/C84H73P/c1-79(2)61-34-22-19-25-46(61)55-37-67-58(40-64(55)79)76-52-31-16-13-28-49(52)73(43-70(76)82(67,7)8)85(74-44-71-77(53-32-17-14-29-50(53)74)59-41-65-56(38-68(59)83(71,9)10)47-26-20-23-35-62(47)80(65,3)4)75-45-72-78(54-33-18-15-30-51(54)75)60-42-66-57(39-69(60)84(72,11)12)48-27-21-24-36-63(48)81(66,5)6/h13-20,22-26,28-37,39-45,56H,21,27,38H2,1-12H3. The highest BCUT2D eigenvalue weighted by atomic mass is 31.1. The fraction of sp³-hybridized carbons (Fsp3) is 0.262. The lowest BCUT2D eigenvalue weighted by Gasteiger charge is -2.33. The average molecular weight is 1110 g/mol. The number of allylic oxidation sites excluding steroid dienone is 8. The molecule has 18 rings (SSSR count). The first-order valence-electron chi connectivity index (χ1n) is 31.6. The topological polar surface area (TPSA) is 0 Å². The first-order chi connectivity index (χ1) is 40.7. The highest BCUT2D eigenvalue weighted by molar-refractivity contribution is 7.81. The normalized spacial score (nSPS) is 20.9. The van der Waals surface area contributed by atoms with Gasteiger partial charge in [0.15, 0.2) is 0 Å². The zero-order chi connectivity index (χ0) is 58.0. The Balaban J connectivity index is 0.923. The molecule has 1 heteroatoms. The molecule has 10 aromatic rings. The van der Waals surface area contributed by atoms with E-state index in [1.54, 1.807) is 16.7 Å². The molecule has 8 aliphatic rings. The van der Waals surface area contributed by atoms with Crippen LogP contribution < -0.4 is 15.9 Å². The van der Waals surface area contributed by atoms with Gasteiger partial charge in [-0.2, -0.15) is 0 Å². The molecular formula is C84H73P. The summed E-state index contributed by atoms with van der Waals surface area (Å²) in [6.45, 7) is 30.0. The van der Waals surface area contributed by atoms with Gasteiger partial charge in [-0.15, -0.1) is 0 Å². The van der Waals surface area contributed by atoms with Crippen LogP contribution in [0.3, 0.4) is 0 Å².